The molecule has 0 unspecified atom stereocenters. The van der Waals surface area contributed by atoms with E-state index in [4.69, 9.17) is 14.3 Å². The predicted molar refractivity (Wildman–Crippen MR) is 97.6 cm³/mol. The summed E-state index contributed by atoms with van der Waals surface area (Å²) in [5.41, 5.74) is 2.23. The lowest BCUT2D eigenvalue weighted by Crippen LogP contribution is -2.17. The molecule has 2 aromatic rings. The number of oxime groups is 1. The maximum atomic E-state index is 11.9. The number of carbonyl (C=O) groups excluding carboxylic acids is 1. The fourth-order valence-corrected chi connectivity index (χ4v) is 2.72. The number of thioether (sulfide) groups is 1. The predicted octanol–water partition coefficient (Wildman–Crippen LogP) is 3.52. The second-order valence-electron chi connectivity index (χ2n) is 5.30. The van der Waals surface area contributed by atoms with Gasteiger partial charge >= 0.3 is 0 Å². The summed E-state index contributed by atoms with van der Waals surface area (Å²) in [4.78, 5) is 18.2. The molecule has 1 aliphatic heterocycles. The fraction of sp³-hybridized carbons (Fsp3) is 0.222. The molecule has 0 radical (unpaired) electrons. The van der Waals surface area contributed by atoms with E-state index in [0.717, 1.165) is 16.1 Å². The summed E-state index contributed by atoms with van der Waals surface area (Å²) in [6.45, 7) is 1.87. The summed E-state index contributed by atoms with van der Waals surface area (Å²) < 4.78 is 10.6. The van der Waals surface area contributed by atoms with Crippen molar-refractivity contribution in [3.8, 4) is 11.5 Å². The summed E-state index contributed by atoms with van der Waals surface area (Å²) in [5, 5.41) is 6.77. The minimum atomic E-state index is -0.263. The highest BCUT2D eigenvalue weighted by atomic mass is 32.2. The van der Waals surface area contributed by atoms with Crippen LogP contribution in [0, 0.1) is 0 Å². The Kier molecular flexibility index (Phi) is 5.45. The first-order valence-electron chi connectivity index (χ1n) is 7.66. The number of rotatable bonds is 6. The Morgan fingerprint density at radius 1 is 1.24 bits per heavy atom. The van der Waals surface area contributed by atoms with Crippen molar-refractivity contribution in [2.24, 2.45) is 5.16 Å². The van der Waals surface area contributed by atoms with Crippen LogP contribution in [0.1, 0.15) is 12.5 Å². The molecular weight excluding hydrogens is 340 g/mol. The molecule has 0 fully saturated rings. The average Bonchev–Trinajstić information content (AvgIpc) is 3.09. The van der Waals surface area contributed by atoms with E-state index in [1.807, 2.05) is 48.7 Å². The molecule has 0 atom stereocenters. The van der Waals surface area contributed by atoms with Crippen LogP contribution in [0.3, 0.4) is 0 Å². The number of nitrogens with one attached hydrogen (secondary N) is 1. The van der Waals surface area contributed by atoms with Crippen LogP contribution in [0.15, 0.2) is 52.5 Å². The Bertz CT molecular complexity index is 807. The molecule has 0 aliphatic carbocycles. The Balaban J connectivity index is 1.54. The molecule has 0 spiro atoms. The highest BCUT2D eigenvalue weighted by Gasteiger charge is 2.14. The smallest absolute Gasteiger partial charge is 0.265 e. The molecule has 25 heavy (non-hydrogen) atoms. The zero-order valence-electron chi connectivity index (χ0n) is 13.9. The molecule has 0 aromatic heterocycles. The fourth-order valence-electron chi connectivity index (χ4n) is 2.26. The number of nitrogens with zero attached hydrogens (tertiary/aromatic N) is 1. The topological polar surface area (TPSA) is 69.2 Å². The molecule has 0 saturated carbocycles. The van der Waals surface area contributed by atoms with E-state index in [2.05, 4.69) is 10.5 Å². The van der Waals surface area contributed by atoms with Crippen LogP contribution in [0.5, 0.6) is 11.5 Å². The highest BCUT2D eigenvalue weighted by Crippen LogP contribution is 2.32. The van der Waals surface area contributed by atoms with Crippen LogP contribution in [0.4, 0.5) is 5.69 Å². The van der Waals surface area contributed by atoms with Crippen LogP contribution >= 0.6 is 11.8 Å². The third-order valence-corrected chi connectivity index (χ3v) is 4.27. The van der Waals surface area contributed by atoms with Gasteiger partial charge in [-0.1, -0.05) is 11.2 Å². The van der Waals surface area contributed by atoms with Gasteiger partial charge in [-0.3, -0.25) is 4.79 Å². The van der Waals surface area contributed by atoms with E-state index < -0.39 is 0 Å². The summed E-state index contributed by atoms with van der Waals surface area (Å²) in [7, 11) is 0. The minimum absolute atomic E-state index is 0.161. The first kappa shape index (κ1) is 17.2. The number of amides is 1. The minimum Gasteiger partial charge on any atom is -0.454 e. The zero-order chi connectivity index (χ0) is 17.6. The largest absolute Gasteiger partial charge is 0.454 e. The van der Waals surface area contributed by atoms with Crippen LogP contribution in [-0.4, -0.2) is 31.3 Å². The summed E-state index contributed by atoms with van der Waals surface area (Å²) in [6.07, 6.45) is 1.98. The number of hydrogen-bond donors (Lipinski definition) is 1. The van der Waals surface area contributed by atoms with Crippen molar-refractivity contribution in [3.63, 3.8) is 0 Å². The average molecular weight is 358 g/mol. The first-order chi connectivity index (χ1) is 12.2. The van der Waals surface area contributed by atoms with Crippen LogP contribution < -0.4 is 14.8 Å². The van der Waals surface area contributed by atoms with Gasteiger partial charge in [0.1, 0.15) is 0 Å². The second-order valence-corrected chi connectivity index (χ2v) is 6.18. The van der Waals surface area contributed by atoms with Gasteiger partial charge in [-0.2, -0.15) is 0 Å². The van der Waals surface area contributed by atoms with Gasteiger partial charge in [-0.05, 0) is 49.6 Å². The first-order valence-corrected chi connectivity index (χ1v) is 8.88. The van der Waals surface area contributed by atoms with Gasteiger partial charge in [0.05, 0.1) is 5.71 Å². The number of ether oxygens (including phenoxy) is 2. The lowest BCUT2D eigenvalue weighted by atomic mass is 10.1. The number of hydrogen-bond acceptors (Lipinski definition) is 6. The summed E-state index contributed by atoms with van der Waals surface area (Å²) in [6, 6.07) is 13.1. The molecule has 3 rings (SSSR count). The van der Waals surface area contributed by atoms with E-state index in [1.165, 1.54) is 0 Å². The lowest BCUT2D eigenvalue weighted by Gasteiger charge is -2.06. The third-order valence-electron chi connectivity index (χ3n) is 3.54. The van der Waals surface area contributed by atoms with Crippen LogP contribution in [0.2, 0.25) is 0 Å². The molecule has 1 heterocycles. The van der Waals surface area contributed by atoms with Gasteiger partial charge < -0.3 is 19.6 Å². The quantitative estimate of drug-likeness (QED) is 0.486. The van der Waals surface area contributed by atoms with Crippen molar-refractivity contribution < 1.29 is 19.1 Å². The molecule has 0 bridgehead atoms. The maximum absolute atomic E-state index is 11.9. The van der Waals surface area contributed by atoms with Crippen molar-refractivity contribution in [1.82, 2.24) is 0 Å². The van der Waals surface area contributed by atoms with Gasteiger partial charge in [-0.25, -0.2) is 0 Å². The van der Waals surface area contributed by atoms with Crippen molar-refractivity contribution in [1.29, 1.82) is 0 Å². The Morgan fingerprint density at radius 2 is 2.08 bits per heavy atom. The number of anilines is 1. The van der Waals surface area contributed by atoms with E-state index in [1.54, 1.807) is 18.7 Å². The monoisotopic (exact) mass is 358 g/mol. The Morgan fingerprint density at radius 3 is 2.92 bits per heavy atom. The van der Waals surface area contributed by atoms with Gasteiger partial charge in [-0.15, -0.1) is 11.8 Å². The van der Waals surface area contributed by atoms with Crippen molar-refractivity contribution in [2.45, 2.75) is 11.8 Å². The van der Waals surface area contributed by atoms with Gasteiger partial charge in [0.25, 0.3) is 5.91 Å². The zero-order valence-corrected chi connectivity index (χ0v) is 14.8. The molecule has 1 aliphatic rings. The molecule has 7 heteroatoms. The molecule has 2 aromatic carbocycles. The third kappa shape index (κ3) is 4.45. The second kappa shape index (κ2) is 7.94. The molecule has 130 valence electrons. The van der Waals surface area contributed by atoms with Crippen molar-refractivity contribution in [2.75, 3.05) is 25.0 Å². The number of fused-ring (bicyclic) bond motifs is 1. The number of benzene rings is 2. The molecule has 0 saturated heterocycles. The summed E-state index contributed by atoms with van der Waals surface area (Å²) in [5.74, 6) is 1.13. The van der Waals surface area contributed by atoms with Crippen molar-refractivity contribution >= 4 is 29.1 Å². The number of carbonyl (C=O) groups is 1. The molecule has 1 N–H and O–H groups in total. The van der Waals surface area contributed by atoms with E-state index in [0.29, 0.717) is 17.2 Å². The van der Waals surface area contributed by atoms with Crippen molar-refractivity contribution in [3.05, 3.63) is 48.0 Å². The lowest BCUT2D eigenvalue weighted by molar-refractivity contribution is -0.120. The Labute approximate surface area is 150 Å². The normalized spacial score (nSPS) is 12.8. The highest BCUT2D eigenvalue weighted by molar-refractivity contribution is 7.98. The maximum Gasteiger partial charge on any atom is 0.265 e. The van der Waals surface area contributed by atoms with Gasteiger partial charge in [0.15, 0.2) is 18.1 Å². The molecule has 6 nitrogen and oxygen atoms in total. The Hall–Kier alpha value is -2.67. The van der Waals surface area contributed by atoms with E-state index >= 15 is 0 Å². The SMILES string of the molecule is CSc1cccc(NC(=O)CO/N=C(/C)c2ccc3c(c2)OCO3)c1. The standard InChI is InChI=1S/C18H18N2O4S/c1-12(13-6-7-16-17(8-13)23-11-22-16)20-24-10-18(21)19-14-4-3-5-15(9-14)25-2/h3-9H,10-11H2,1-2H3,(H,19,21)/b20-12-. The van der Waals surface area contributed by atoms with Gasteiger partial charge in [0.2, 0.25) is 6.79 Å². The molecular formula is C18H18N2O4S. The van der Waals surface area contributed by atoms with E-state index in [-0.39, 0.29) is 19.3 Å². The molecule has 1 amide bonds. The van der Waals surface area contributed by atoms with Crippen LogP contribution in [0.25, 0.3) is 0 Å². The van der Waals surface area contributed by atoms with Crippen LogP contribution in [-0.2, 0) is 9.63 Å². The summed E-state index contributed by atoms with van der Waals surface area (Å²) >= 11 is 1.61. The van der Waals surface area contributed by atoms with Gasteiger partial charge in [0, 0.05) is 16.1 Å². The van der Waals surface area contributed by atoms with E-state index in [9.17, 15) is 4.79 Å².